The predicted octanol–water partition coefficient (Wildman–Crippen LogP) is 3.50. The number of allylic oxidation sites excluding steroid dienone is 1. The molecule has 4 heteroatoms. The fraction of sp³-hybridized carbons (Fsp3) is 0.182. The normalized spacial score (nSPS) is 10.0. The lowest BCUT2D eigenvalue weighted by Crippen LogP contribution is -1.76. The summed E-state index contributed by atoms with van der Waals surface area (Å²) in [6.45, 7) is 1.73. The zero-order valence-corrected chi connectivity index (χ0v) is 10.1. The van der Waals surface area contributed by atoms with Crippen molar-refractivity contribution in [2.75, 3.05) is 7.05 Å². The lowest BCUT2D eigenvalue weighted by atomic mass is 10.1. The molecule has 0 bridgehead atoms. The first-order valence-corrected chi connectivity index (χ1v) is 5.00. The van der Waals surface area contributed by atoms with Gasteiger partial charge in [-0.1, -0.05) is 29.3 Å². The summed E-state index contributed by atoms with van der Waals surface area (Å²) < 4.78 is 0. The Hall–Kier alpha value is -1.01. The number of halogens is 2. The van der Waals surface area contributed by atoms with Crippen molar-refractivity contribution in [3.63, 3.8) is 0 Å². The first kappa shape index (κ1) is 14.0. The molecule has 0 radical (unpaired) electrons. The van der Waals surface area contributed by atoms with Gasteiger partial charge in [-0.3, -0.25) is 0 Å². The Labute approximate surface area is 99.9 Å². The summed E-state index contributed by atoms with van der Waals surface area (Å²) in [5.74, 6) is 0. The third-order valence-corrected chi connectivity index (χ3v) is 2.07. The monoisotopic (exact) mass is 242 g/mol. The summed E-state index contributed by atoms with van der Waals surface area (Å²) in [6.07, 6.45) is 1.72. The first-order valence-electron chi connectivity index (χ1n) is 4.24. The fourth-order valence-electron chi connectivity index (χ4n) is 0.884. The molecule has 1 aromatic carbocycles. The number of nitriles is 1. The molecular weight excluding hydrogens is 231 g/mol. The Kier molecular flexibility index (Phi) is 6.81. The number of nitrogens with zero attached hydrogens (tertiary/aromatic N) is 1. The molecule has 0 saturated carbocycles. The van der Waals surface area contributed by atoms with Crippen LogP contribution in [0, 0.1) is 11.3 Å². The predicted molar refractivity (Wildman–Crippen MR) is 65.8 cm³/mol. The van der Waals surface area contributed by atoms with Crippen LogP contribution in [-0.2, 0) is 0 Å². The Morgan fingerprint density at radius 2 is 2.00 bits per heavy atom. The van der Waals surface area contributed by atoms with Crippen molar-refractivity contribution in [3.8, 4) is 6.07 Å². The quantitative estimate of drug-likeness (QED) is 0.767. The van der Waals surface area contributed by atoms with E-state index in [-0.39, 0.29) is 0 Å². The number of hydrogen-bond acceptors (Lipinski definition) is 2. The van der Waals surface area contributed by atoms with Crippen molar-refractivity contribution in [2.24, 2.45) is 5.73 Å². The second-order valence-corrected chi connectivity index (χ2v) is 3.45. The van der Waals surface area contributed by atoms with Crippen LogP contribution >= 0.6 is 23.2 Å². The summed E-state index contributed by atoms with van der Waals surface area (Å²) in [4.78, 5) is 0. The molecule has 0 heterocycles. The minimum Gasteiger partial charge on any atom is -0.333 e. The Morgan fingerprint density at radius 1 is 1.40 bits per heavy atom. The van der Waals surface area contributed by atoms with Crippen LogP contribution in [0.3, 0.4) is 0 Å². The van der Waals surface area contributed by atoms with Gasteiger partial charge in [0.15, 0.2) is 0 Å². The highest BCUT2D eigenvalue weighted by Gasteiger charge is 1.98. The molecule has 0 aliphatic heterocycles. The lowest BCUT2D eigenvalue weighted by Gasteiger charge is -1.98. The van der Waals surface area contributed by atoms with Crippen LogP contribution < -0.4 is 5.73 Å². The Morgan fingerprint density at radius 3 is 2.47 bits per heavy atom. The van der Waals surface area contributed by atoms with E-state index >= 15 is 0 Å². The molecule has 0 aliphatic carbocycles. The maximum atomic E-state index is 8.55. The highest BCUT2D eigenvalue weighted by molar-refractivity contribution is 6.35. The van der Waals surface area contributed by atoms with Gasteiger partial charge in [0.2, 0.25) is 0 Å². The van der Waals surface area contributed by atoms with Crippen molar-refractivity contribution >= 4 is 29.3 Å². The summed E-state index contributed by atoms with van der Waals surface area (Å²) in [5.41, 5.74) is 5.93. The van der Waals surface area contributed by atoms with E-state index in [1.807, 2.05) is 6.07 Å². The highest BCUT2D eigenvalue weighted by Crippen LogP contribution is 2.22. The molecule has 0 aromatic heterocycles. The molecule has 0 amide bonds. The molecular formula is C11H12Cl2N2. The third kappa shape index (κ3) is 4.85. The minimum absolute atomic E-state index is 0.558. The topological polar surface area (TPSA) is 49.8 Å². The van der Waals surface area contributed by atoms with Gasteiger partial charge >= 0.3 is 0 Å². The molecule has 15 heavy (non-hydrogen) atoms. The smallest absolute Gasteiger partial charge is 0.0944 e. The van der Waals surface area contributed by atoms with Gasteiger partial charge in [0.1, 0.15) is 0 Å². The van der Waals surface area contributed by atoms with E-state index in [0.717, 1.165) is 5.56 Å². The molecule has 0 aliphatic rings. The minimum atomic E-state index is 0.558. The van der Waals surface area contributed by atoms with Crippen LogP contribution in [0.4, 0.5) is 0 Å². The molecule has 2 nitrogen and oxygen atoms in total. The van der Waals surface area contributed by atoms with E-state index in [1.54, 1.807) is 31.2 Å². The largest absolute Gasteiger partial charge is 0.333 e. The molecule has 80 valence electrons. The lowest BCUT2D eigenvalue weighted by molar-refractivity contribution is 1.46. The van der Waals surface area contributed by atoms with Crippen molar-refractivity contribution < 1.29 is 0 Å². The molecule has 0 atom stereocenters. The van der Waals surface area contributed by atoms with Crippen LogP contribution in [-0.4, -0.2) is 7.05 Å². The second kappa shape index (κ2) is 7.30. The second-order valence-electron chi connectivity index (χ2n) is 2.60. The maximum Gasteiger partial charge on any atom is 0.0944 e. The summed E-state index contributed by atoms with van der Waals surface area (Å²) in [7, 11) is 1.50. The third-order valence-electron chi connectivity index (χ3n) is 1.51. The van der Waals surface area contributed by atoms with Crippen LogP contribution in [0.25, 0.3) is 6.08 Å². The van der Waals surface area contributed by atoms with Crippen LogP contribution in [0.5, 0.6) is 0 Å². The maximum absolute atomic E-state index is 8.55. The number of hydrogen-bond donors (Lipinski definition) is 1. The first-order chi connectivity index (χ1) is 7.13. The number of rotatable bonds is 1. The van der Waals surface area contributed by atoms with Crippen molar-refractivity contribution in [2.45, 2.75) is 6.92 Å². The highest BCUT2D eigenvalue weighted by atomic mass is 35.5. The molecule has 0 fully saturated rings. The average molecular weight is 243 g/mol. The van der Waals surface area contributed by atoms with Gasteiger partial charge in [0.25, 0.3) is 0 Å². The average Bonchev–Trinajstić information content (AvgIpc) is 2.25. The zero-order chi connectivity index (χ0) is 11.8. The van der Waals surface area contributed by atoms with E-state index in [1.165, 1.54) is 7.05 Å². The van der Waals surface area contributed by atoms with E-state index in [9.17, 15) is 0 Å². The molecule has 2 N–H and O–H groups in total. The van der Waals surface area contributed by atoms with Crippen molar-refractivity contribution in [3.05, 3.63) is 39.4 Å². The standard InChI is InChI=1S/C10H7Cl2N.CH5N/c1-7(6-13)4-8-2-3-9(11)5-10(8)12;1-2/h2-5H,1H3;2H2,1H3/b7-4-;. The van der Waals surface area contributed by atoms with Crippen LogP contribution in [0.15, 0.2) is 23.8 Å². The molecule has 0 saturated heterocycles. The van der Waals surface area contributed by atoms with Gasteiger partial charge in [-0.15, -0.1) is 0 Å². The van der Waals surface area contributed by atoms with Gasteiger partial charge in [0.05, 0.1) is 6.07 Å². The van der Waals surface area contributed by atoms with Gasteiger partial charge in [-0.25, -0.2) is 0 Å². The van der Waals surface area contributed by atoms with E-state index < -0.39 is 0 Å². The summed E-state index contributed by atoms with van der Waals surface area (Å²) in [5, 5.41) is 9.71. The Balaban J connectivity index is 0.000000921. The van der Waals surface area contributed by atoms with Gasteiger partial charge < -0.3 is 5.73 Å². The van der Waals surface area contributed by atoms with E-state index in [2.05, 4.69) is 5.73 Å². The SMILES string of the molecule is C/C(C#N)=C/c1ccc(Cl)cc1Cl.CN. The van der Waals surface area contributed by atoms with E-state index in [0.29, 0.717) is 15.6 Å². The molecule has 1 aromatic rings. The zero-order valence-electron chi connectivity index (χ0n) is 8.59. The van der Waals surface area contributed by atoms with E-state index in [4.69, 9.17) is 28.5 Å². The Bertz CT molecular complexity index is 392. The summed E-state index contributed by atoms with van der Waals surface area (Å²) >= 11 is 11.6. The van der Waals surface area contributed by atoms with Crippen molar-refractivity contribution in [1.82, 2.24) is 0 Å². The van der Waals surface area contributed by atoms with Crippen LogP contribution in [0.1, 0.15) is 12.5 Å². The van der Waals surface area contributed by atoms with Crippen LogP contribution in [0.2, 0.25) is 10.0 Å². The number of nitrogens with two attached hydrogens (primary N) is 1. The van der Waals surface area contributed by atoms with Crippen molar-refractivity contribution in [1.29, 1.82) is 5.26 Å². The molecule has 0 unspecified atom stereocenters. The summed E-state index contributed by atoms with van der Waals surface area (Å²) in [6, 6.07) is 7.20. The fourth-order valence-corrected chi connectivity index (χ4v) is 1.35. The van der Waals surface area contributed by atoms with Gasteiger partial charge in [0, 0.05) is 15.6 Å². The molecule has 0 spiro atoms. The van der Waals surface area contributed by atoms with Gasteiger partial charge in [-0.2, -0.15) is 5.26 Å². The number of benzene rings is 1. The molecule has 1 rings (SSSR count). The van der Waals surface area contributed by atoms with Gasteiger partial charge in [-0.05, 0) is 37.7 Å².